The van der Waals surface area contributed by atoms with Gasteiger partial charge in [0, 0.05) is 32.0 Å². The number of fused-ring (bicyclic) bond motifs is 1. The fraction of sp³-hybridized carbons (Fsp3) is 0.364. The van der Waals surface area contributed by atoms with Crippen molar-refractivity contribution in [3.8, 4) is 0 Å². The number of hydrogen-bond donors (Lipinski definition) is 1. The SMILES string of the molecule is Cc1ccccc1CN(C(=O)CCN1C(=O)c2ccccc2S1(=O)=O)[C@@H](Cc1ccccc1)C(=O)NC1CCCCC1. The number of rotatable bonds is 10. The third-order valence-electron chi connectivity index (χ3n) is 8.27. The maximum absolute atomic E-state index is 14.0. The van der Waals surface area contributed by atoms with Crippen LogP contribution in [0.15, 0.2) is 83.8 Å². The number of sulfonamides is 1. The first-order valence-electron chi connectivity index (χ1n) is 14.6. The second-order valence-electron chi connectivity index (χ2n) is 11.1. The molecule has 0 spiro atoms. The van der Waals surface area contributed by atoms with E-state index >= 15 is 0 Å². The summed E-state index contributed by atoms with van der Waals surface area (Å²) in [5.74, 6) is -1.25. The predicted molar refractivity (Wildman–Crippen MR) is 160 cm³/mol. The van der Waals surface area contributed by atoms with Crippen molar-refractivity contribution in [1.29, 1.82) is 0 Å². The fourth-order valence-electron chi connectivity index (χ4n) is 5.86. The van der Waals surface area contributed by atoms with Crippen LogP contribution in [0.5, 0.6) is 0 Å². The molecule has 1 heterocycles. The molecule has 3 amide bonds. The van der Waals surface area contributed by atoms with Gasteiger partial charge in [-0.3, -0.25) is 14.4 Å². The van der Waals surface area contributed by atoms with E-state index in [2.05, 4.69) is 5.32 Å². The molecule has 1 saturated carbocycles. The smallest absolute Gasteiger partial charge is 0.269 e. The number of carbonyl (C=O) groups excluding carboxylic acids is 3. The molecule has 3 aromatic rings. The molecule has 42 heavy (non-hydrogen) atoms. The van der Waals surface area contributed by atoms with Crippen molar-refractivity contribution < 1.29 is 22.8 Å². The van der Waals surface area contributed by atoms with Gasteiger partial charge >= 0.3 is 0 Å². The van der Waals surface area contributed by atoms with Gasteiger partial charge in [0.15, 0.2) is 0 Å². The van der Waals surface area contributed by atoms with Crippen LogP contribution in [0, 0.1) is 6.92 Å². The zero-order valence-electron chi connectivity index (χ0n) is 23.9. The lowest BCUT2D eigenvalue weighted by molar-refractivity contribution is -0.141. The van der Waals surface area contributed by atoms with Crippen LogP contribution in [-0.4, -0.2) is 54.0 Å². The minimum Gasteiger partial charge on any atom is -0.352 e. The molecule has 5 rings (SSSR count). The molecule has 3 aromatic carbocycles. The number of hydrogen-bond acceptors (Lipinski definition) is 5. The maximum Gasteiger partial charge on any atom is 0.269 e. The standard InChI is InChI=1S/C33H37N3O5S/c1-24-12-8-9-15-26(24)23-35(31(37)20-21-36-33(39)28-18-10-11-19-30(28)42(36,40)41)29(22-25-13-4-2-5-14-25)32(38)34-27-16-6-3-7-17-27/h2,4-5,8-15,18-19,27,29H,3,6-7,16-17,20-23H2,1H3,(H,34,38)/t29-/m0/s1. The number of carbonyl (C=O) groups is 3. The molecule has 0 radical (unpaired) electrons. The van der Waals surface area contributed by atoms with Gasteiger partial charge in [0.05, 0.1) is 5.56 Å². The minimum atomic E-state index is -4.05. The van der Waals surface area contributed by atoms with E-state index in [0.717, 1.165) is 53.1 Å². The average molecular weight is 588 g/mol. The Morgan fingerprint density at radius 1 is 0.929 bits per heavy atom. The molecule has 1 aliphatic heterocycles. The third-order valence-corrected chi connectivity index (χ3v) is 10.1. The van der Waals surface area contributed by atoms with E-state index in [0.29, 0.717) is 6.42 Å². The van der Waals surface area contributed by atoms with Gasteiger partial charge < -0.3 is 10.2 Å². The van der Waals surface area contributed by atoms with Crippen LogP contribution in [0.25, 0.3) is 0 Å². The molecule has 1 N–H and O–H groups in total. The Bertz CT molecular complexity index is 1550. The van der Waals surface area contributed by atoms with Crippen molar-refractivity contribution in [2.45, 2.75) is 75.4 Å². The van der Waals surface area contributed by atoms with Crippen LogP contribution >= 0.6 is 0 Å². The molecule has 220 valence electrons. The normalized spacial score (nSPS) is 17.0. The van der Waals surface area contributed by atoms with Crippen LogP contribution in [0.2, 0.25) is 0 Å². The van der Waals surface area contributed by atoms with Crippen LogP contribution < -0.4 is 5.32 Å². The quantitative estimate of drug-likeness (QED) is 0.373. The summed E-state index contributed by atoms with van der Waals surface area (Å²) in [4.78, 5) is 42.5. The van der Waals surface area contributed by atoms with E-state index in [-0.39, 0.29) is 41.9 Å². The van der Waals surface area contributed by atoms with E-state index in [9.17, 15) is 22.8 Å². The van der Waals surface area contributed by atoms with Crippen molar-refractivity contribution in [3.63, 3.8) is 0 Å². The molecule has 1 aliphatic carbocycles. The largest absolute Gasteiger partial charge is 0.352 e. The van der Waals surface area contributed by atoms with Gasteiger partial charge in [-0.2, -0.15) is 0 Å². The summed E-state index contributed by atoms with van der Waals surface area (Å²) < 4.78 is 27.0. The van der Waals surface area contributed by atoms with E-state index in [1.165, 1.54) is 12.1 Å². The lowest BCUT2D eigenvalue weighted by atomic mass is 9.94. The molecule has 8 nitrogen and oxygen atoms in total. The number of aryl methyl sites for hydroxylation is 1. The number of nitrogens with zero attached hydrogens (tertiary/aromatic N) is 2. The number of benzene rings is 3. The fourth-order valence-corrected chi connectivity index (χ4v) is 7.43. The summed E-state index contributed by atoms with van der Waals surface area (Å²) in [6.07, 6.45) is 5.15. The van der Waals surface area contributed by atoms with Crippen LogP contribution in [0.4, 0.5) is 0 Å². The molecular weight excluding hydrogens is 550 g/mol. The van der Waals surface area contributed by atoms with Crippen molar-refractivity contribution >= 4 is 27.7 Å². The topological polar surface area (TPSA) is 104 Å². The van der Waals surface area contributed by atoms with Crippen molar-refractivity contribution in [3.05, 3.63) is 101 Å². The second-order valence-corrected chi connectivity index (χ2v) is 13.0. The summed E-state index contributed by atoms with van der Waals surface area (Å²) in [6.45, 7) is 1.84. The van der Waals surface area contributed by atoms with Gasteiger partial charge in [-0.05, 0) is 48.6 Å². The summed E-state index contributed by atoms with van der Waals surface area (Å²) in [7, 11) is -4.05. The van der Waals surface area contributed by atoms with E-state index < -0.39 is 27.9 Å². The molecule has 2 aliphatic rings. The Kier molecular flexibility index (Phi) is 9.06. The van der Waals surface area contributed by atoms with Gasteiger partial charge in [-0.1, -0.05) is 86.0 Å². The Balaban J connectivity index is 1.43. The van der Waals surface area contributed by atoms with Gasteiger partial charge in [-0.25, -0.2) is 12.7 Å². The van der Waals surface area contributed by atoms with Crippen LogP contribution in [0.1, 0.15) is 65.6 Å². The van der Waals surface area contributed by atoms with Gasteiger partial charge in [-0.15, -0.1) is 0 Å². The van der Waals surface area contributed by atoms with Gasteiger partial charge in [0.25, 0.3) is 15.9 Å². The molecule has 0 unspecified atom stereocenters. The minimum absolute atomic E-state index is 0.0481. The van der Waals surface area contributed by atoms with Crippen molar-refractivity contribution in [2.24, 2.45) is 0 Å². The zero-order valence-corrected chi connectivity index (χ0v) is 24.7. The lowest BCUT2D eigenvalue weighted by Crippen LogP contribution is -2.53. The van der Waals surface area contributed by atoms with Gasteiger partial charge in [0.1, 0.15) is 10.9 Å². The highest BCUT2D eigenvalue weighted by Crippen LogP contribution is 2.30. The molecular formula is C33H37N3O5S. The van der Waals surface area contributed by atoms with Crippen molar-refractivity contribution in [1.82, 2.24) is 14.5 Å². The maximum atomic E-state index is 14.0. The monoisotopic (exact) mass is 587 g/mol. The second kappa shape index (κ2) is 12.9. The highest BCUT2D eigenvalue weighted by molar-refractivity contribution is 7.90. The molecule has 0 saturated heterocycles. The average Bonchev–Trinajstić information content (AvgIpc) is 3.19. The van der Waals surface area contributed by atoms with Crippen LogP contribution in [0.3, 0.4) is 0 Å². The first kappa shape index (κ1) is 29.5. The Hall–Kier alpha value is -3.98. The van der Waals surface area contributed by atoms with E-state index in [4.69, 9.17) is 0 Å². The lowest BCUT2D eigenvalue weighted by Gasteiger charge is -2.34. The van der Waals surface area contributed by atoms with E-state index in [1.807, 2.05) is 61.5 Å². The third kappa shape index (κ3) is 6.41. The Labute approximate surface area is 247 Å². The summed E-state index contributed by atoms with van der Waals surface area (Å²) in [6, 6.07) is 22.6. The molecule has 1 fully saturated rings. The highest BCUT2D eigenvalue weighted by atomic mass is 32.2. The Morgan fingerprint density at radius 3 is 2.31 bits per heavy atom. The first-order chi connectivity index (χ1) is 20.3. The predicted octanol–water partition coefficient (Wildman–Crippen LogP) is 4.62. The first-order valence-corrected chi connectivity index (χ1v) is 16.0. The molecule has 0 aromatic heterocycles. The van der Waals surface area contributed by atoms with Crippen LogP contribution in [-0.2, 0) is 32.6 Å². The molecule has 9 heteroatoms. The number of amides is 3. The zero-order chi connectivity index (χ0) is 29.7. The van der Waals surface area contributed by atoms with E-state index in [1.54, 1.807) is 17.0 Å². The molecule has 1 atom stereocenters. The summed E-state index contributed by atoms with van der Waals surface area (Å²) >= 11 is 0. The number of nitrogens with one attached hydrogen (secondary N) is 1. The van der Waals surface area contributed by atoms with Gasteiger partial charge in [0.2, 0.25) is 11.8 Å². The summed E-state index contributed by atoms with van der Waals surface area (Å²) in [5, 5.41) is 3.21. The summed E-state index contributed by atoms with van der Waals surface area (Å²) in [5.41, 5.74) is 2.90. The highest BCUT2D eigenvalue weighted by Gasteiger charge is 2.41. The van der Waals surface area contributed by atoms with Crippen molar-refractivity contribution in [2.75, 3.05) is 6.54 Å². The Morgan fingerprint density at radius 2 is 1.60 bits per heavy atom. The molecule has 0 bridgehead atoms.